The average molecular weight is 287 g/mol. The molecule has 1 heterocycles. The molecule has 0 saturated carbocycles. The van der Waals surface area contributed by atoms with Crippen LogP contribution in [0.15, 0.2) is 24.4 Å². The van der Waals surface area contributed by atoms with E-state index in [1.165, 1.54) is 0 Å². The smallest absolute Gasteiger partial charge is 0.305 e. The first kappa shape index (κ1) is 18.6. The van der Waals surface area contributed by atoms with Crippen LogP contribution in [-0.4, -0.2) is 69.7 Å². The number of carboxylic acids is 1. The molecule has 0 fully saturated rings. The highest BCUT2D eigenvalue weighted by molar-refractivity contribution is 5.66. The Morgan fingerprint density at radius 3 is 2.45 bits per heavy atom. The quantitative estimate of drug-likeness (QED) is 0.641. The van der Waals surface area contributed by atoms with Crippen molar-refractivity contribution in [2.45, 2.75) is 6.42 Å². The molecule has 1 rings (SSSR count). The minimum Gasteiger partial charge on any atom is -0.481 e. The van der Waals surface area contributed by atoms with Crippen molar-refractivity contribution < 1.29 is 24.1 Å². The molecule has 0 aromatic carbocycles. The molecule has 0 radical (unpaired) electrons. The van der Waals surface area contributed by atoms with E-state index < -0.39 is 5.97 Å². The lowest BCUT2D eigenvalue weighted by Crippen LogP contribution is -2.22. The number of rotatable bonds is 9. The molecule has 1 aliphatic rings. The van der Waals surface area contributed by atoms with E-state index in [1.54, 1.807) is 14.2 Å². The van der Waals surface area contributed by atoms with Gasteiger partial charge in [-0.15, -0.1) is 0 Å². The summed E-state index contributed by atoms with van der Waals surface area (Å²) in [5, 5.41) is 8.16. The molecule has 0 bridgehead atoms. The Bertz CT molecular complexity index is 291. The zero-order valence-electron chi connectivity index (χ0n) is 12.3. The van der Waals surface area contributed by atoms with Gasteiger partial charge in [0, 0.05) is 27.3 Å². The zero-order chi connectivity index (χ0) is 15.1. The monoisotopic (exact) mass is 287 g/mol. The largest absolute Gasteiger partial charge is 0.481 e. The first-order valence-corrected chi connectivity index (χ1v) is 6.55. The maximum atomic E-state index is 9.92. The Labute approximate surface area is 120 Å². The highest BCUT2D eigenvalue weighted by Gasteiger charge is 1.96. The van der Waals surface area contributed by atoms with Crippen molar-refractivity contribution in [2.75, 3.05) is 53.7 Å². The molecular formula is C14H25NO5. The van der Waals surface area contributed by atoms with Gasteiger partial charge in [0.05, 0.1) is 32.8 Å². The number of hydrogen-bond acceptors (Lipinski definition) is 5. The third-order valence-electron chi connectivity index (χ3n) is 2.36. The second-order valence-electron chi connectivity index (χ2n) is 4.01. The molecule has 1 N–H and O–H groups in total. The summed E-state index contributed by atoms with van der Waals surface area (Å²) in [4.78, 5) is 12.1. The summed E-state index contributed by atoms with van der Waals surface area (Å²) in [5.74, 6) is -0.836. The molecule has 0 atom stereocenters. The molecule has 6 nitrogen and oxygen atoms in total. The molecule has 6 heteroatoms. The van der Waals surface area contributed by atoms with Crippen molar-refractivity contribution in [1.82, 2.24) is 4.90 Å². The van der Waals surface area contributed by atoms with Crippen LogP contribution in [0.25, 0.3) is 0 Å². The molecule has 0 amide bonds. The summed E-state index contributed by atoms with van der Waals surface area (Å²) in [6, 6.07) is 0. The van der Waals surface area contributed by atoms with Crippen LogP contribution in [0.4, 0.5) is 0 Å². The van der Waals surface area contributed by atoms with E-state index in [0.717, 1.165) is 19.7 Å². The molecular weight excluding hydrogens is 262 g/mol. The van der Waals surface area contributed by atoms with Gasteiger partial charge in [-0.05, 0) is 12.3 Å². The Morgan fingerprint density at radius 2 is 1.90 bits per heavy atom. The van der Waals surface area contributed by atoms with E-state index in [-0.39, 0.29) is 13.0 Å². The highest BCUT2D eigenvalue weighted by Crippen LogP contribution is 1.96. The number of nitrogens with zero attached hydrogens (tertiary/aromatic N) is 1. The minimum atomic E-state index is -0.836. The van der Waals surface area contributed by atoms with Gasteiger partial charge in [0.15, 0.2) is 0 Å². The van der Waals surface area contributed by atoms with Gasteiger partial charge in [-0.1, -0.05) is 12.2 Å². The van der Waals surface area contributed by atoms with Crippen LogP contribution in [-0.2, 0) is 19.0 Å². The van der Waals surface area contributed by atoms with Gasteiger partial charge in [0.25, 0.3) is 0 Å². The van der Waals surface area contributed by atoms with Gasteiger partial charge in [0.2, 0.25) is 0 Å². The van der Waals surface area contributed by atoms with E-state index >= 15 is 0 Å². The minimum absolute atomic E-state index is 0.0592. The Kier molecular flexibility index (Phi) is 13.1. The summed E-state index contributed by atoms with van der Waals surface area (Å²) in [6.45, 7) is 4.04. The summed E-state index contributed by atoms with van der Waals surface area (Å²) in [7, 11) is 3.30. The van der Waals surface area contributed by atoms with Crippen LogP contribution in [0, 0.1) is 0 Å². The number of hydrogen-bond donors (Lipinski definition) is 1. The van der Waals surface area contributed by atoms with Crippen molar-refractivity contribution in [3.63, 3.8) is 0 Å². The SMILES string of the molecule is COCCN1C=CC=CC1.COCCOCCC(=O)O. The Hall–Kier alpha value is -1.37. The number of allylic oxidation sites excluding steroid dienone is 2. The van der Waals surface area contributed by atoms with Gasteiger partial charge in [-0.2, -0.15) is 0 Å². The van der Waals surface area contributed by atoms with Crippen molar-refractivity contribution in [2.24, 2.45) is 0 Å². The summed E-state index contributed by atoms with van der Waals surface area (Å²) < 4.78 is 14.5. The van der Waals surface area contributed by atoms with Gasteiger partial charge < -0.3 is 24.2 Å². The van der Waals surface area contributed by atoms with Crippen LogP contribution in [0.2, 0.25) is 0 Å². The van der Waals surface area contributed by atoms with Crippen molar-refractivity contribution in [1.29, 1.82) is 0 Å². The van der Waals surface area contributed by atoms with Gasteiger partial charge >= 0.3 is 5.97 Å². The summed E-state index contributed by atoms with van der Waals surface area (Å²) in [6.07, 6.45) is 8.38. The van der Waals surface area contributed by atoms with Crippen molar-refractivity contribution >= 4 is 5.97 Å². The van der Waals surface area contributed by atoms with Crippen molar-refractivity contribution in [3.8, 4) is 0 Å². The summed E-state index contributed by atoms with van der Waals surface area (Å²) >= 11 is 0. The number of aliphatic carboxylic acids is 1. The normalized spacial score (nSPS) is 13.0. The second-order valence-corrected chi connectivity index (χ2v) is 4.01. The zero-order valence-corrected chi connectivity index (χ0v) is 12.3. The highest BCUT2D eigenvalue weighted by atomic mass is 16.5. The van der Waals surface area contributed by atoms with Crippen LogP contribution in [0.5, 0.6) is 0 Å². The lowest BCUT2D eigenvalue weighted by molar-refractivity contribution is -0.138. The van der Waals surface area contributed by atoms with E-state index in [0.29, 0.717) is 13.2 Å². The molecule has 116 valence electrons. The number of carbonyl (C=O) groups is 1. The van der Waals surface area contributed by atoms with E-state index in [9.17, 15) is 4.79 Å². The van der Waals surface area contributed by atoms with Gasteiger partial charge in [-0.3, -0.25) is 4.79 Å². The molecule has 0 saturated heterocycles. The number of methoxy groups -OCH3 is 2. The second kappa shape index (κ2) is 14.0. The van der Waals surface area contributed by atoms with Crippen LogP contribution in [0.3, 0.4) is 0 Å². The molecule has 20 heavy (non-hydrogen) atoms. The standard InChI is InChI=1S/C8H13NO.C6H12O4/c1-10-8-7-9-5-3-2-4-6-9;1-9-4-5-10-3-2-6(7)8/h2-5H,6-8H2,1H3;2-5H2,1H3,(H,7,8). The predicted octanol–water partition coefficient (Wildman–Crippen LogP) is 1.14. The fourth-order valence-corrected chi connectivity index (χ4v) is 1.29. The van der Waals surface area contributed by atoms with Gasteiger partial charge in [-0.25, -0.2) is 0 Å². The molecule has 0 aromatic heterocycles. The van der Waals surface area contributed by atoms with Gasteiger partial charge in [0.1, 0.15) is 0 Å². The molecule has 0 unspecified atom stereocenters. The first-order valence-electron chi connectivity index (χ1n) is 6.55. The maximum absolute atomic E-state index is 9.92. The Balaban J connectivity index is 0.000000361. The van der Waals surface area contributed by atoms with Crippen LogP contribution >= 0.6 is 0 Å². The fraction of sp³-hybridized carbons (Fsp3) is 0.643. The molecule has 0 aliphatic carbocycles. The molecule has 0 spiro atoms. The third-order valence-corrected chi connectivity index (χ3v) is 2.36. The first-order chi connectivity index (χ1) is 9.70. The van der Waals surface area contributed by atoms with Crippen LogP contribution < -0.4 is 0 Å². The average Bonchev–Trinajstić information content (AvgIpc) is 2.46. The lowest BCUT2D eigenvalue weighted by Gasteiger charge is -2.19. The topological polar surface area (TPSA) is 68.2 Å². The Morgan fingerprint density at radius 1 is 1.15 bits per heavy atom. The molecule has 1 aliphatic heterocycles. The predicted molar refractivity (Wildman–Crippen MR) is 76.7 cm³/mol. The summed E-state index contributed by atoms with van der Waals surface area (Å²) in [5.41, 5.74) is 0. The fourth-order valence-electron chi connectivity index (χ4n) is 1.29. The number of carboxylic acid groups (broad SMARTS) is 1. The number of ether oxygens (including phenoxy) is 3. The maximum Gasteiger partial charge on any atom is 0.305 e. The van der Waals surface area contributed by atoms with E-state index in [1.807, 2.05) is 6.08 Å². The molecule has 0 aromatic rings. The lowest BCUT2D eigenvalue weighted by atomic mass is 10.3. The van der Waals surface area contributed by atoms with E-state index in [4.69, 9.17) is 14.6 Å². The van der Waals surface area contributed by atoms with E-state index in [2.05, 4.69) is 28.0 Å². The van der Waals surface area contributed by atoms with Crippen molar-refractivity contribution in [3.05, 3.63) is 24.4 Å². The third kappa shape index (κ3) is 13.1. The van der Waals surface area contributed by atoms with Crippen LogP contribution in [0.1, 0.15) is 6.42 Å².